The Hall–Kier alpha value is -0.770. The van der Waals surface area contributed by atoms with Crippen LogP contribution in [-0.4, -0.2) is 30.8 Å². The minimum Gasteiger partial charge on any atom is -0.480 e. The Kier molecular flexibility index (Phi) is 5.56. The van der Waals surface area contributed by atoms with E-state index in [1.165, 1.54) is 0 Å². The molecule has 0 aliphatic carbocycles. The summed E-state index contributed by atoms with van der Waals surface area (Å²) in [6, 6.07) is 0. The van der Waals surface area contributed by atoms with E-state index in [2.05, 4.69) is 5.32 Å². The van der Waals surface area contributed by atoms with Gasteiger partial charge in [-0.15, -0.1) is 11.6 Å². The Morgan fingerprint density at radius 3 is 2.82 bits per heavy atom. The molecule has 0 spiro atoms. The maximum absolute atomic E-state index is 10.5. The van der Waals surface area contributed by atoms with E-state index < -0.39 is 0 Å². The van der Waals surface area contributed by atoms with Crippen LogP contribution in [0.5, 0.6) is 0 Å². The van der Waals surface area contributed by atoms with Gasteiger partial charge in [-0.25, -0.2) is 0 Å². The number of rotatable bonds is 4. The smallest absolute Gasteiger partial charge is 0.235 e. The molecule has 64 valence electrons. The van der Waals surface area contributed by atoms with Gasteiger partial charge in [0.05, 0.1) is 13.2 Å². The number of hydrogen-bond acceptors (Lipinski definition) is 3. The predicted molar refractivity (Wildman–Crippen MR) is 43.1 cm³/mol. The van der Waals surface area contributed by atoms with Crippen LogP contribution in [0, 0.1) is 5.41 Å². The van der Waals surface area contributed by atoms with E-state index in [9.17, 15) is 4.79 Å². The van der Waals surface area contributed by atoms with Crippen LogP contribution in [0.4, 0.5) is 0 Å². The number of hydrogen-bond donors (Lipinski definition) is 2. The van der Waals surface area contributed by atoms with Gasteiger partial charge in [-0.1, -0.05) is 0 Å². The zero-order valence-corrected chi connectivity index (χ0v) is 7.07. The van der Waals surface area contributed by atoms with Gasteiger partial charge in [0, 0.05) is 0 Å². The summed E-state index contributed by atoms with van der Waals surface area (Å²) in [5, 5.41) is 9.47. The van der Waals surface area contributed by atoms with Crippen LogP contribution in [0.1, 0.15) is 6.92 Å². The highest BCUT2D eigenvalue weighted by Crippen LogP contribution is 1.78. The van der Waals surface area contributed by atoms with Gasteiger partial charge >= 0.3 is 0 Å². The fraction of sp³-hybridized carbons (Fsp3) is 0.667. The fourth-order valence-corrected chi connectivity index (χ4v) is 0.546. The highest BCUT2D eigenvalue weighted by Gasteiger charge is 1.99. The molecule has 4 nitrogen and oxygen atoms in total. The first-order chi connectivity index (χ1) is 5.20. The highest BCUT2D eigenvalue weighted by atomic mass is 35.5. The molecule has 0 rings (SSSR count). The Morgan fingerprint density at radius 2 is 2.36 bits per heavy atom. The lowest BCUT2D eigenvalue weighted by atomic mass is 10.6. The molecule has 11 heavy (non-hydrogen) atoms. The van der Waals surface area contributed by atoms with Gasteiger partial charge in [-0.05, 0) is 6.92 Å². The van der Waals surface area contributed by atoms with Crippen LogP contribution in [0.15, 0.2) is 0 Å². The number of ether oxygens (including phenoxy) is 1. The van der Waals surface area contributed by atoms with Crippen LogP contribution in [0.2, 0.25) is 0 Å². The van der Waals surface area contributed by atoms with E-state index in [0.717, 1.165) is 0 Å². The summed E-state index contributed by atoms with van der Waals surface area (Å²) in [5.41, 5.74) is 0. The van der Waals surface area contributed by atoms with Crippen molar-refractivity contribution in [3.05, 3.63) is 0 Å². The maximum atomic E-state index is 10.5. The van der Waals surface area contributed by atoms with Crippen LogP contribution < -0.4 is 5.32 Å². The molecule has 0 aromatic rings. The quantitative estimate of drug-likeness (QED) is 0.371. The molecular weight excluding hydrogens is 168 g/mol. The summed E-state index contributed by atoms with van der Waals surface area (Å²) in [7, 11) is 0. The lowest BCUT2D eigenvalue weighted by molar-refractivity contribution is -0.118. The Morgan fingerprint density at radius 1 is 1.73 bits per heavy atom. The second-order valence-electron chi connectivity index (χ2n) is 1.77. The molecule has 0 aliphatic rings. The molecule has 0 fully saturated rings. The normalized spacial score (nSPS) is 8.91. The molecule has 0 bridgehead atoms. The van der Waals surface area contributed by atoms with E-state index in [1.807, 2.05) is 0 Å². The highest BCUT2D eigenvalue weighted by molar-refractivity contribution is 6.27. The summed E-state index contributed by atoms with van der Waals surface area (Å²) in [4.78, 5) is 10.5. The molecule has 0 atom stereocenters. The van der Waals surface area contributed by atoms with E-state index in [1.54, 1.807) is 6.92 Å². The molecule has 2 N–H and O–H groups in total. The maximum Gasteiger partial charge on any atom is 0.235 e. The van der Waals surface area contributed by atoms with E-state index in [0.29, 0.717) is 6.61 Å². The van der Waals surface area contributed by atoms with Crippen molar-refractivity contribution in [2.45, 2.75) is 6.92 Å². The molecule has 0 saturated carbocycles. The monoisotopic (exact) mass is 178 g/mol. The van der Waals surface area contributed by atoms with Crippen molar-refractivity contribution >= 4 is 23.4 Å². The topological polar surface area (TPSA) is 62.2 Å². The number of halogens is 1. The first-order valence-corrected chi connectivity index (χ1v) is 3.77. The Balaban J connectivity index is 3.38. The van der Waals surface area contributed by atoms with Crippen LogP contribution in [0.3, 0.4) is 0 Å². The van der Waals surface area contributed by atoms with Gasteiger partial charge in [0.15, 0.2) is 5.90 Å². The lowest BCUT2D eigenvalue weighted by Gasteiger charge is -2.04. The van der Waals surface area contributed by atoms with Crippen molar-refractivity contribution in [1.82, 2.24) is 5.32 Å². The second-order valence-corrected chi connectivity index (χ2v) is 2.03. The Labute approximate surface area is 70.4 Å². The molecule has 0 unspecified atom stereocenters. The molecular formula is C6H11ClN2O2. The standard InChI is InChI=1S/C6H11ClN2O2/c1-2-11-5(8)4-9-6(10)3-7/h8H,2-4H2,1H3,(H,9,10). The number of alkyl halides is 1. The second kappa shape index (κ2) is 5.97. The van der Waals surface area contributed by atoms with Crippen molar-refractivity contribution in [2.24, 2.45) is 0 Å². The molecule has 0 saturated heterocycles. The zero-order valence-electron chi connectivity index (χ0n) is 6.32. The summed E-state index contributed by atoms with van der Waals surface area (Å²) in [5.74, 6) is -0.332. The third-order valence-corrected chi connectivity index (χ3v) is 1.13. The molecule has 1 amide bonds. The van der Waals surface area contributed by atoms with Gasteiger partial charge in [0.25, 0.3) is 0 Å². The average Bonchev–Trinajstić information content (AvgIpc) is 2.01. The molecule has 0 aromatic carbocycles. The van der Waals surface area contributed by atoms with Gasteiger partial charge < -0.3 is 10.1 Å². The van der Waals surface area contributed by atoms with Crippen LogP contribution in [0.25, 0.3) is 0 Å². The molecule has 0 aromatic heterocycles. The van der Waals surface area contributed by atoms with Crippen LogP contribution in [-0.2, 0) is 9.53 Å². The van der Waals surface area contributed by atoms with Crippen LogP contribution >= 0.6 is 11.6 Å². The van der Waals surface area contributed by atoms with Crippen molar-refractivity contribution in [3.63, 3.8) is 0 Å². The summed E-state index contributed by atoms with van der Waals surface area (Å²) in [6.45, 7) is 2.33. The molecule has 0 heterocycles. The van der Waals surface area contributed by atoms with Gasteiger partial charge in [-0.3, -0.25) is 10.2 Å². The van der Waals surface area contributed by atoms with Gasteiger partial charge in [0.1, 0.15) is 5.88 Å². The van der Waals surface area contributed by atoms with Crippen molar-refractivity contribution in [3.8, 4) is 0 Å². The number of nitrogens with one attached hydrogen (secondary N) is 2. The number of amides is 1. The van der Waals surface area contributed by atoms with E-state index in [-0.39, 0.29) is 24.2 Å². The molecule has 0 radical (unpaired) electrons. The van der Waals surface area contributed by atoms with E-state index in [4.69, 9.17) is 21.7 Å². The molecule has 5 heteroatoms. The van der Waals surface area contributed by atoms with Crippen molar-refractivity contribution in [1.29, 1.82) is 5.41 Å². The van der Waals surface area contributed by atoms with Crippen molar-refractivity contribution in [2.75, 3.05) is 19.0 Å². The summed E-state index contributed by atoms with van der Waals surface area (Å²) < 4.78 is 4.76. The minimum atomic E-state index is -0.295. The Bertz CT molecular complexity index is 150. The summed E-state index contributed by atoms with van der Waals surface area (Å²) in [6.07, 6.45) is 0. The largest absolute Gasteiger partial charge is 0.480 e. The SMILES string of the molecule is CCOC(=N)CNC(=O)CCl. The number of carbonyl (C=O) groups excluding carboxylic acids is 1. The van der Waals surface area contributed by atoms with Crippen molar-refractivity contribution < 1.29 is 9.53 Å². The third kappa shape index (κ3) is 5.66. The fourth-order valence-electron chi connectivity index (χ4n) is 0.451. The molecule has 0 aliphatic heterocycles. The number of carbonyl (C=O) groups is 1. The first kappa shape index (κ1) is 10.2. The third-order valence-electron chi connectivity index (χ3n) is 0.886. The summed E-state index contributed by atoms with van der Waals surface area (Å²) >= 11 is 5.19. The predicted octanol–water partition coefficient (Wildman–Crippen LogP) is 0.355. The van der Waals surface area contributed by atoms with Gasteiger partial charge in [0.2, 0.25) is 5.91 Å². The lowest BCUT2D eigenvalue weighted by Crippen LogP contribution is -2.30. The van der Waals surface area contributed by atoms with E-state index >= 15 is 0 Å². The average molecular weight is 179 g/mol. The minimum absolute atomic E-state index is 0.0472. The van der Waals surface area contributed by atoms with Gasteiger partial charge in [-0.2, -0.15) is 0 Å². The first-order valence-electron chi connectivity index (χ1n) is 3.23. The zero-order chi connectivity index (χ0) is 8.69.